The lowest BCUT2D eigenvalue weighted by atomic mass is 10.2. The molecule has 0 unspecified atom stereocenters. The van der Waals surface area contributed by atoms with E-state index in [4.69, 9.17) is 16.3 Å². The van der Waals surface area contributed by atoms with Crippen LogP contribution in [-0.4, -0.2) is 43.0 Å². The van der Waals surface area contributed by atoms with Crippen LogP contribution in [0.15, 0.2) is 132 Å². The summed E-state index contributed by atoms with van der Waals surface area (Å²) in [5.41, 5.74) is 0.537. The molecule has 0 radical (unpaired) electrons. The van der Waals surface area contributed by atoms with Gasteiger partial charge in [-0.2, -0.15) is 0 Å². The second-order valence-corrected chi connectivity index (χ2v) is 13.0. The average molecular weight is 556 g/mol. The molecule has 1 aliphatic heterocycles. The van der Waals surface area contributed by atoms with Crippen molar-refractivity contribution in [2.75, 3.05) is 26.3 Å². The van der Waals surface area contributed by atoms with Crippen LogP contribution in [0.2, 0.25) is 0 Å². The first kappa shape index (κ1) is 26.8. The van der Waals surface area contributed by atoms with Crippen LogP contribution in [0.5, 0.6) is 0 Å². The van der Waals surface area contributed by atoms with Gasteiger partial charge in [0.25, 0.3) is 11.8 Å². The Balaban J connectivity index is 1.79. The Bertz CT molecular complexity index is 1350. The van der Waals surface area contributed by atoms with Crippen molar-refractivity contribution in [1.29, 1.82) is 0 Å². The molecule has 0 bridgehead atoms. The van der Waals surface area contributed by atoms with E-state index in [2.05, 4.69) is 5.32 Å². The number of halogens is 1. The van der Waals surface area contributed by atoms with E-state index in [1.54, 1.807) is 29.2 Å². The highest BCUT2D eigenvalue weighted by Crippen LogP contribution is 2.64. The summed E-state index contributed by atoms with van der Waals surface area (Å²) < 4.78 is 5.82. The van der Waals surface area contributed by atoms with Crippen molar-refractivity contribution in [2.45, 2.75) is 0 Å². The first-order chi connectivity index (χ1) is 19.1. The molecule has 39 heavy (non-hydrogen) atoms. The highest BCUT2D eigenvalue weighted by atomic mass is 35.5. The molecule has 5 rings (SSSR count). The maximum Gasteiger partial charge on any atom is 0.275 e. The molecule has 0 spiro atoms. The molecule has 5 nitrogen and oxygen atoms in total. The van der Waals surface area contributed by atoms with Gasteiger partial charge in [-0.3, -0.25) is 9.59 Å². The van der Waals surface area contributed by atoms with E-state index in [-0.39, 0.29) is 11.6 Å². The molecule has 2 amide bonds. The first-order valence-corrected chi connectivity index (χ1v) is 15.0. The van der Waals surface area contributed by atoms with Gasteiger partial charge in [-0.25, -0.2) is 0 Å². The number of rotatable bonds is 7. The molecule has 0 aliphatic carbocycles. The molecule has 4 aromatic carbocycles. The van der Waals surface area contributed by atoms with Crippen molar-refractivity contribution in [2.24, 2.45) is 0 Å². The van der Waals surface area contributed by atoms with Gasteiger partial charge in [0, 0.05) is 18.7 Å². The molecular weight excluding hydrogens is 527 g/mol. The normalized spacial score (nSPS) is 14.3. The highest BCUT2D eigenvalue weighted by molar-refractivity contribution is 8.00. The van der Waals surface area contributed by atoms with Crippen molar-refractivity contribution < 1.29 is 14.3 Å². The predicted octanol–water partition coefficient (Wildman–Crippen LogP) is 4.68. The number of nitrogens with one attached hydrogen (secondary N) is 1. The lowest BCUT2D eigenvalue weighted by Crippen LogP contribution is -2.45. The monoisotopic (exact) mass is 555 g/mol. The SMILES string of the molecule is O=C(NC(C(=O)N1CCOCC1)=C(Cl)[P+](c1ccccc1)(c1ccccc1)c1ccccc1)c1ccccc1. The van der Waals surface area contributed by atoms with E-state index in [1.165, 1.54) is 0 Å². The number of carbonyl (C=O) groups excluding carboxylic acids is 2. The Morgan fingerprint density at radius 1 is 0.667 bits per heavy atom. The van der Waals surface area contributed by atoms with Gasteiger partial charge < -0.3 is 15.0 Å². The first-order valence-electron chi connectivity index (χ1n) is 12.8. The average Bonchev–Trinajstić information content (AvgIpc) is 3.02. The van der Waals surface area contributed by atoms with Crippen LogP contribution < -0.4 is 21.2 Å². The fraction of sp³-hybridized carbons (Fsp3) is 0.125. The molecule has 196 valence electrons. The molecule has 1 fully saturated rings. The maximum absolute atomic E-state index is 14.2. The van der Waals surface area contributed by atoms with Crippen molar-refractivity contribution in [3.63, 3.8) is 0 Å². The Morgan fingerprint density at radius 2 is 1.08 bits per heavy atom. The topological polar surface area (TPSA) is 58.6 Å². The van der Waals surface area contributed by atoms with Crippen molar-refractivity contribution >= 4 is 46.6 Å². The lowest BCUT2D eigenvalue weighted by molar-refractivity contribution is -0.131. The van der Waals surface area contributed by atoms with Gasteiger partial charge in [0.15, 0.2) is 13.0 Å². The van der Waals surface area contributed by atoms with Gasteiger partial charge in [-0.15, -0.1) is 0 Å². The number of morpholine rings is 1. The van der Waals surface area contributed by atoms with E-state index in [1.807, 2.05) is 97.1 Å². The van der Waals surface area contributed by atoms with Crippen LogP contribution in [0.1, 0.15) is 10.4 Å². The number of carbonyl (C=O) groups is 2. The third-order valence-electron chi connectivity index (χ3n) is 6.72. The van der Waals surface area contributed by atoms with Crippen LogP contribution >= 0.6 is 18.9 Å². The summed E-state index contributed by atoms with van der Waals surface area (Å²) in [6, 6.07) is 38.9. The quantitative estimate of drug-likeness (QED) is 0.266. The Hall–Kier alpha value is -3.76. The second kappa shape index (κ2) is 12.4. The van der Waals surface area contributed by atoms with Gasteiger partial charge >= 0.3 is 0 Å². The molecule has 1 heterocycles. The third-order valence-corrected chi connectivity index (χ3v) is 11.7. The fourth-order valence-electron chi connectivity index (χ4n) is 4.80. The summed E-state index contributed by atoms with van der Waals surface area (Å²) in [5, 5.41) is 5.89. The zero-order chi connectivity index (χ0) is 27.1. The summed E-state index contributed by atoms with van der Waals surface area (Å²) >= 11 is 7.55. The van der Waals surface area contributed by atoms with Crippen molar-refractivity contribution in [3.05, 3.63) is 137 Å². The minimum Gasteiger partial charge on any atom is -0.378 e. The summed E-state index contributed by atoms with van der Waals surface area (Å²) in [5.74, 6) is -0.711. The molecule has 1 saturated heterocycles. The van der Waals surface area contributed by atoms with Crippen LogP contribution in [0.25, 0.3) is 0 Å². The van der Waals surface area contributed by atoms with Gasteiger partial charge in [0.1, 0.15) is 15.9 Å². The Morgan fingerprint density at radius 3 is 1.51 bits per heavy atom. The summed E-state index contributed by atoms with van der Waals surface area (Å²) in [6.07, 6.45) is 0. The second-order valence-electron chi connectivity index (χ2n) is 9.07. The third kappa shape index (κ3) is 5.53. The van der Waals surface area contributed by atoms with Crippen molar-refractivity contribution in [1.82, 2.24) is 10.2 Å². The molecular formula is C32H29ClN2O3P+. The zero-order valence-electron chi connectivity index (χ0n) is 21.4. The fourth-order valence-corrected chi connectivity index (χ4v) is 9.73. The number of hydrogen-bond acceptors (Lipinski definition) is 3. The summed E-state index contributed by atoms with van der Waals surface area (Å²) in [7, 11) is -2.80. The molecule has 0 aromatic heterocycles. The molecule has 0 atom stereocenters. The van der Waals surface area contributed by atoms with E-state index in [0.717, 1.165) is 15.9 Å². The predicted molar refractivity (Wildman–Crippen MR) is 159 cm³/mol. The summed E-state index contributed by atoms with van der Waals surface area (Å²) in [4.78, 5) is 29.4. The Labute approximate surface area is 234 Å². The number of nitrogens with zero attached hydrogens (tertiary/aromatic N) is 1. The molecule has 4 aromatic rings. The van der Waals surface area contributed by atoms with Crippen LogP contribution in [0, 0.1) is 0 Å². The van der Waals surface area contributed by atoms with Gasteiger partial charge in [-0.05, 0) is 60.1 Å². The largest absolute Gasteiger partial charge is 0.378 e. The van der Waals surface area contributed by atoms with Crippen LogP contribution in [0.4, 0.5) is 0 Å². The highest BCUT2D eigenvalue weighted by Gasteiger charge is 2.52. The van der Waals surface area contributed by atoms with E-state index >= 15 is 0 Å². The van der Waals surface area contributed by atoms with Gasteiger partial charge in [0.05, 0.1) is 13.2 Å². The molecule has 7 heteroatoms. The van der Waals surface area contributed by atoms with Crippen molar-refractivity contribution in [3.8, 4) is 0 Å². The van der Waals surface area contributed by atoms with Gasteiger partial charge in [-0.1, -0.05) is 72.8 Å². The minimum atomic E-state index is -2.80. The van der Waals surface area contributed by atoms with E-state index in [0.29, 0.717) is 36.6 Å². The summed E-state index contributed by atoms with van der Waals surface area (Å²) in [6.45, 7) is 1.70. The van der Waals surface area contributed by atoms with E-state index < -0.39 is 13.2 Å². The molecule has 1 aliphatic rings. The number of amides is 2. The standard InChI is InChI=1S/C32H28ClN2O3P/c33-30(29(32(37)35-21-23-38-24-22-35)34-31(36)25-13-5-1-6-14-25)39(26-15-7-2-8-16-26,27-17-9-3-10-18-27)28-19-11-4-12-20-28/h1-20H,21-24H2/p+1. The lowest BCUT2D eigenvalue weighted by Gasteiger charge is -2.31. The number of hydrogen-bond donors (Lipinski definition) is 1. The number of benzene rings is 4. The zero-order valence-corrected chi connectivity index (χ0v) is 23.0. The van der Waals surface area contributed by atoms with Crippen LogP contribution in [-0.2, 0) is 9.53 Å². The van der Waals surface area contributed by atoms with Gasteiger partial charge in [0.2, 0.25) is 4.77 Å². The molecule has 1 N–H and O–H groups in total. The van der Waals surface area contributed by atoms with E-state index in [9.17, 15) is 9.59 Å². The maximum atomic E-state index is 14.2. The minimum absolute atomic E-state index is 0.0947. The Kier molecular flexibility index (Phi) is 8.53. The van der Waals surface area contributed by atoms with Crippen LogP contribution in [0.3, 0.4) is 0 Å². The molecule has 0 saturated carbocycles. The smallest absolute Gasteiger partial charge is 0.275 e. The number of ether oxygens (including phenoxy) is 1.